The summed E-state index contributed by atoms with van der Waals surface area (Å²) < 4.78 is 32.9. The van der Waals surface area contributed by atoms with Crippen molar-refractivity contribution in [2.75, 3.05) is 19.8 Å². The highest BCUT2D eigenvalue weighted by atomic mass is 19.1. The Hall–Kier alpha value is -2.89. The molecule has 1 aromatic carbocycles. The second kappa shape index (κ2) is 13.5. The first kappa shape index (κ1) is 29.1. The topological polar surface area (TPSA) is 120 Å². The summed E-state index contributed by atoms with van der Waals surface area (Å²) in [5.41, 5.74) is 0.505. The van der Waals surface area contributed by atoms with E-state index in [0.717, 1.165) is 50.8 Å². The number of carbonyl (C=O) groups excluding carboxylic acids is 2. The molecule has 4 N–H and O–H groups in total. The molecule has 2 aromatic rings. The van der Waals surface area contributed by atoms with Gasteiger partial charge in [0.2, 0.25) is 11.8 Å². The molecule has 39 heavy (non-hydrogen) atoms. The number of piperidine rings is 1. The predicted octanol–water partition coefficient (Wildman–Crippen LogP) is 3.42. The van der Waals surface area contributed by atoms with E-state index in [2.05, 4.69) is 27.5 Å². The van der Waals surface area contributed by atoms with Crippen LogP contribution in [0, 0.1) is 17.6 Å². The summed E-state index contributed by atoms with van der Waals surface area (Å²) >= 11 is 0. The number of imidazole rings is 1. The lowest BCUT2D eigenvalue weighted by Crippen LogP contribution is -2.53. The zero-order valence-electron chi connectivity index (χ0n) is 22.6. The van der Waals surface area contributed by atoms with Crippen LogP contribution in [0.2, 0.25) is 0 Å². The zero-order chi connectivity index (χ0) is 27.9. The normalized spacial score (nSPS) is 21.2. The Labute approximate surface area is 227 Å². The molecule has 2 aliphatic heterocycles. The maximum Gasteiger partial charge on any atom is 0.243 e. The van der Waals surface area contributed by atoms with Crippen LogP contribution in [0.1, 0.15) is 70.7 Å². The van der Waals surface area contributed by atoms with Gasteiger partial charge in [0.05, 0.1) is 17.9 Å². The highest BCUT2D eigenvalue weighted by Gasteiger charge is 2.32. The molecule has 2 amide bonds. The van der Waals surface area contributed by atoms with Crippen molar-refractivity contribution in [2.24, 2.45) is 5.92 Å². The highest BCUT2D eigenvalue weighted by Crippen LogP contribution is 2.24. The Morgan fingerprint density at radius 3 is 2.69 bits per heavy atom. The van der Waals surface area contributed by atoms with Crippen LogP contribution in [0.25, 0.3) is 11.3 Å². The summed E-state index contributed by atoms with van der Waals surface area (Å²) in [6.07, 6.45) is 5.51. The summed E-state index contributed by atoms with van der Waals surface area (Å²) in [6.45, 7) is 5.75. The van der Waals surface area contributed by atoms with Gasteiger partial charge in [-0.1, -0.05) is 6.42 Å². The largest absolute Gasteiger partial charge is 0.381 e. The van der Waals surface area contributed by atoms with Gasteiger partial charge in [0.1, 0.15) is 29.7 Å². The lowest BCUT2D eigenvalue weighted by molar-refractivity contribution is -0.132. The van der Waals surface area contributed by atoms with Crippen molar-refractivity contribution < 1.29 is 28.2 Å². The highest BCUT2D eigenvalue weighted by molar-refractivity contribution is 5.88. The molecule has 2 aliphatic rings. The summed E-state index contributed by atoms with van der Waals surface area (Å²) in [4.78, 5) is 35.5. The summed E-state index contributed by atoms with van der Waals surface area (Å²) in [7, 11) is 0. The average molecular weight is 548 g/mol. The molecule has 0 radical (unpaired) electrons. The van der Waals surface area contributed by atoms with Gasteiger partial charge in [-0.05, 0) is 57.6 Å². The number of hydrogen-bond acceptors (Lipinski definition) is 6. The van der Waals surface area contributed by atoms with E-state index in [1.165, 1.54) is 12.3 Å². The minimum absolute atomic E-state index is 0.0482. The molecule has 3 heterocycles. The third kappa shape index (κ3) is 7.83. The lowest BCUT2D eigenvalue weighted by Gasteiger charge is -2.38. The van der Waals surface area contributed by atoms with E-state index in [0.29, 0.717) is 31.2 Å². The van der Waals surface area contributed by atoms with Gasteiger partial charge in [-0.15, -0.1) is 0 Å². The SMILES string of the molecule is C[C@H](NC(=O)[C@H](CC(O)N1CCCC[C@@H]1C)NC(=O)CC1CCOCC1)c1ncc(-c2ccc(F)cc2F)[nH]1. The first-order valence-electron chi connectivity index (χ1n) is 13.8. The Balaban J connectivity index is 1.43. The standard InChI is InChI=1S/C28H39F2N5O4/c1-17-5-3-4-10-35(17)26(37)15-23(33-25(36)13-19-8-11-39-12-9-19)28(38)32-18(2)27-31-16-24(34-27)21-7-6-20(29)14-22(21)30/h6-7,14,16-19,23,26,37H,3-5,8-13,15H2,1-2H3,(H,31,34)(H,32,38)(H,33,36)/t17-,18-,23-,26?/m0/s1. The molecule has 0 saturated carbocycles. The smallest absolute Gasteiger partial charge is 0.243 e. The number of benzene rings is 1. The molecule has 0 spiro atoms. The summed E-state index contributed by atoms with van der Waals surface area (Å²) in [6, 6.07) is 1.90. The van der Waals surface area contributed by atoms with E-state index < -0.39 is 35.9 Å². The molecule has 4 rings (SSSR count). The molecule has 1 aromatic heterocycles. The number of nitrogens with one attached hydrogen (secondary N) is 3. The van der Waals surface area contributed by atoms with Crippen molar-refractivity contribution in [1.29, 1.82) is 0 Å². The van der Waals surface area contributed by atoms with Crippen LogP contribution in [-0.2, 0) is 14.3 Å². The van der Waals surface area contributed by atoms with Crippen LogP contribution in [0.4, 0.5) is 8.78 Å². The van der Waals surface area contributed by atoms with Crippen molar-refractivity contribution in [1.82, 2.24) is 25.5 Å². The van der Waals surface area contributed by atoms with Crippen molar-refractivity contribution in [2.45, 2.75) is 83.1 Å². The fraction of sp³-hybridized carbons (Fsp3) is 0.607. The molecule has 0 aliphatic carbocycles. The Morgan fingerprint density at radius 2 is 1.97 bits per heavy atom. The first-order chi connectivity index (χ1) is 18.7. The van der Waals surface area contributed by atoms with Crippen LogP contribution in [-0.4, -0.2) is 69.9 Å². The maximum atomic E-state index is 14.2. The number of hydrogen-bond donors (Lipinski definition) is 4. The maximum absolute atomic E-state index is 14.2. The van der Waals surface area contributed by atoms with Crippen molar-refractivity contribution in [3.05, 3.63) is 41.9 Å². The number of halogens is 2. The number of likely N-dealkylation sites (tertiary alicyclic amines) is 1. The van der Waals surface area contributed by atoms with Crippen molar-refractivity contribution in [3.63, 3.8) is 0 Å². The van der Waals surface area contributed by atoms with Gasteiger partial charge in [-0.25, -0.2) is 13.8 Å². The molecule has 9 nitrogen and oxygen atoms in total. The van der Waals surface area contributed by atoms with E-state index in [1.807, 2.05) is 4.90 Å². The van der Waals surface area contributed by atoms with Gasteiger partial charge >= 0.3 is 0 Å². The molecule has 4 atom stereocenters. The van der Waals surface area contributed by atoms with Crippen molar-refractivity contribution in [3.8, 4) is 11.3 Å². The number of aromatic amines is 1. The van der Waals surface area contributed by atoms with E-state index in [1.54, 1.807) is 6.92 Å². The number of amides is 2. The molecule has 214 valence electrons. The predicted molar refractivity (Wildman–Crippen MR) is 141 cm³/mol. The van der Waals surface area contributed by atoms with Crippen LogP contribution < -0.4 is 10.6 Å². The monoisotopic (exact) mass is 547 g/mol. The number of H-pyrrole nitrogens is 1. The Kier molecular flexibility index (Phi) is 10.0. The van der Waals surface area contributed by atoms with Crippen molar-refractivity contribution >= 4 is 11.8 Å². The number of aromatic nitrogens is 2. The van der Waals surface area contributed by atoms with E-state index in [9.17, 15) is 23.5 Å². The fourth-order valence-corrected chi connectivity index (χ4v) is 5.39. The number of carbonyl (C=O) groups is 2. The van der Waals surface area contributed by atoms with Crippen LogP contribution in [0.15, 0.2) is 24.4 Å². The van der Waals surface area contributed by atoms with Crippen LogP contribution in [0.5, 0.6) is 0 Å². The zero-order valence-corrected chi connectivity index (χ0v) is 22.6. The molecular formula is C28H39F2N5O4. The second-order valence-electron chi connectivity index (χ2n) is 10.7. The van der Waals surface area contributed by atoms with Gasteiger partial charge in [0.25, 0.3) is 0 Å². The first-order valence-corrected chi connectivity index (χ1v) is 13.8. The number of rotatable bonds is 10. The third-order valence-corrected chi connectivity index (χ3v) is 7.74. The quantitative estimate of drug-likeness (QED) is 0.362. The molecular weight excluding hydrogens is 508 g/mol. The molecule has 11 heteroatoms. The lowest BCUT2D eigenvalue weighted by atomic mass is 9.96. The number of aliphatic hydroxyl groups excluding tert-OH is 1. The summed E-state index contributed by atoms with van der Waals surface area (Å²) in [5.74, 6) is -1.52. The second-order valence-corrected chi connectivity index (χ2v) is 10.7. The minimum atomic E-state index is -0.951. The Bertz CT molecular complexity index is 1120. The van der Waals surface area contributed by atoms with E-state index in [4.69, 9.17) is 4.74 Å². The van der Waals surface area contributed by atoms with Gasteiger partial charge in [0, 0.05) is 50.3 Å². The number of nitrogens with zero attached hydrogens (tertiary/aromatic N) is 2. The van der Waals surface area contributed by atoms with Gasteiger partial charge < -0.3 is 25.5 Å². The summed E-state index contributed by atoms with van der Waals surface area (Å²) in [5, 5.41) is 16.7. The van der Waals surface area contributed by atoms with E-state index >= 15 is 0 Å². The Morgan fingerprint density at radius 1 is 1.21 bits per heavy atom. The fourth-order valence-electron chi connectivity index (χ4n) is 5.39. The molecule has 1 unspecified atom stereocenters. The number of ether oxygens (including phenoxy) is 1. The van der Waals surface area contributed by atoms with Crippen LogP contribution in [0.3, 0.4) is 0 Å². The molecule has 2 saturated heterocycles. The average Bonchev–Trinajstić information content (AvgIpc) is 3.39. The number of aliphatic hydroxyl groups is 1. The third-order valence-electron chi connectivity index (χ3n) is 7.74. The van der Waals surface area contributed by atoms with Gasteiger partial charge in [-0.2, -0.15) is 0 Å². The minimum Gasteiger partial charge on any atom is -0.381 e. The molecule has 0 bridgehead atoms. The van der Waals surface area contributed by atoms with Crippen LogP contribution >= 0.6 is 0 Å². The van der Waals surface area contributed by atoms with Gasteiger partial charge in [-0.3, -0.25) is 14.5 Å². The van der Waals surface area contributed by atoms with E-state index in [-0.39, 0.29) is 29.9 Å². The molecule has 2 fully saturated rings. The van der Waals surface area contributed by atoms with Gasteiger partial charge in [0.15, 0.2) is 0 Å².